The molecule has 6 heterocycles. The molecule has 0 aliphatic carbocycles. The number of aliphatic hydroxyl groups is 1. The lowest BCUT2D eigenvalue weighted by Gasteiger charge is -2.37. The minimum atomic E-state index is -1.56. The predicted molar refractivity (Wildman–Crippen MR) is 271 cm³/mol. The second-order valence-corrected chi connectivity index (χ2v) is 18.8. The minimum Gasteiger partial charge on any atom is -0.508 e. The van der Waals surface area contributed by atoms with E-state index in [1.165, 1.54) is 10.6 Å². The van der Waals surface area contributed by atoms with Crippen LogP contribution in [0.1, 0.15) is 115 Å². The number of nitrogens with one attached hydrogen (secondary N) is 1. The fourth-order valence-corrected chi connectivity index (χ4v) is 10.1. The highest BCUT2D eigenvalue weighted by Gasteiger charge is 2.39. The zero-order chi connectivity index (χ0) is 52.1. The number of cyclic esters (lactones) is 1. The van der Waals surface area contributed by atoms with Gasteiger partial charge < -0.3 is 49.2 Å². The lowest BCUT2D eigenvalue weighted by Crippen LogP contribution is -2.49. The van der Waals surface area contributed by atoms with E-state index in [0.29, 0.717) is 107 Å². The highest BCUT2D eigenvalue weighted by atomic mass is 16.6. The van der Waals surface area contributed by atoms with E-state index in [-0.39, 0.29) is 64.2 Å². The molecule has 7 aromatic rings. The fourth-order valence-electron chi connectivity index (χ4n) is 10.1. The molecule has 0 spiro atoms. The molecule has 0 bridgehead atoms. The highest BCUT2D eigenvalue weighted by molar-refractivity contribution is 5.95. The summed E-state index contributed by atoms with van der Waals surface area (Å²) in [5.74, 6) is -0.229. The molecule has 3 aliphatic rings. The van der Waals surface area contributed by atoms with Crippen molar-refractivity contribution >= 4 is 34.8 Å². The summed E-state index contributed by atoms with van der Waals surface area (Å²) in [7, 11) is 0. The van der Waals surface area contributed by atoms with Crippen LogP contribution >= 0.6 is 0 Å². The second kappa shape index (κ2) is 19.8. The lowest BCUT2D eigenvalue weighted by molar-refractivity contribution is -0.163. The van der Waals surface area contributed by atoms with E-state index < -0.39 is 30.2 Å². The summed E-state index contributed by atoms with van der Waals surface area (Å²) in [6.07, 6.45) is -1.32. The van der Waals surface area contributed by atoms with Crippen molar-refractivity contribution in [2.75, 3.05) is 26.2 Å². The van der Waals surface area contributed by atoms with Gasteiger partial charge in [-0.1, -0.05) is 20.8 Å². The molecule has 19 heteroatoms. The number of likely N-dealkylation sites (tertiary alicyclic amines) is 1. The number of aromatic nitrogens is 5. The van der Waals surface area contributed by atoms with Crippen molar-refractivity contribution in [3.63, 3.8) is 0 Å². The Hall–Kier alpha value is -8.58. The van der Waals surface area contributed by atoms with E-state index >= 15 is 0 Å². The van der Waals surface area contributed by atoms with Crippen molar-refractivity contribution in [3.8, 4) is 57.2 Å². The average Bonchev–Trinajstić information content (AvgIpc) is 3.99. The van der Waals surface area contributed by atoms with E-state index in [9.17, 15) is 39.3 Å². The molecule has 4 N–H and O–H groups in total. The maximum Gasteiger partial charge on any atom is 0.415 e. The quantitative estimate of drug-likeness (QED) is 0.0851. The van der Waals surface area contributed by atoms with Gasteiger partial charge in [0.15, 0.2) is 11.9 Å². The van der Waals surface area contributed by atoms with Gasteiger partial charge in [0.2, 0.25) is 5.82 Å². The number of aliphatic hydroxyl groups excluding tert-OH is 1. The number of hydrogen-bond donors (Lipinski definition) is 4. The molecule has 2 atom stereocenters. The van der Waals surface area contributed by atoms with Crippen LogP contribution in [0.2, 0.25) is 0 Å². The molecular weight excluding hydrogens is 949 g/mol. The number of nitrogens with zero attached hydrogens (tertiary/aromatic N) is 7. The van der Waals surface area contributed by atoms with Gasteiger partial charge in [0.1, 0.15) is 34.9 Å². The molecule has 74 heavy (non-hydrogen) atoms. The van der Waals surface area contributed by atoms with Crippen molar-refractivity contribution in [3.05, 3.63) is 135 Å². The van der Waals surface area contributed by atoms with Gasteiger partial charge in [-0.3, -0.25) is 19.0 Å². The molecule has 3 aliphatic heterocycles. The molecule has 3 aromatic heterocycles. The summed E-state index contributed by atoms with van der Waals surface area (Å²) >= 11 is 0. The molecular formula is C55H54N8O11. The number of esters is 1. The standard InChI is InChI=1S/C55H54N8O11/c1-6-45-46-40(48(66)54(70)74-45)26-42-47-32(28-62(42)53(46)69)23-31-24-37(17-18-41(31)57-47)73-55(71)61(8-3)33-19-21-60(22-20-33)52(68)30-9-13-35(14-10-30)72-36-15-11-34(12-16-36)63-49(58-59-50(63)51(67)56-7-2)39-25-38(29(4)5)43(64)27-44(39)65/h9-18,23-27,29,33,45,48,64-66H,6-8,19-22,28H2,1-5H3,(H,56,67). The van der Waals surface area contributed by atoms with Crippen LogP contribution in [0.4, 0.5) is 4.79 Å². The summed E-state index contributed by atoms with van der Waals surface area (Å²) in [6, 6.07) is 25.2. The number of amides is 3. The summed E-state index contributed by atoms with van der Waals surface area (Å²) < 4.78 is 20.5. The van der Waals surface area contributed by atoms with Gasteiger partial charge in [-0.05, 0) is 130 Å². The number of ether oxygens (including phenoxy) is 3. The van der Waals surface area contributed by atoms with E-state index in [1.807, 2.05) is 33.8 Å². The van der Waals surface area contributed by atoms with Gasteiger partial charge in [0.05, 0.1) is 34.6 Å². The zero-order valence-corrected chi connectivity index (χ0v) is 41.4. The number of hydrogen-bond acceptors (Lipinski definition) is 14. The van der Waals surface area contributed by atoms with Crippen LogP contribution < -0.4 is 20.3 Å². The molecule has 2 unspecified atom stereocenters. The molecule has 380 valence electrons. The minimum absolute atomic E-state index is 0.00396. The molecule has 1 fully saturated rings. The highest BCUT2D eigenvalue weighted by Crippen LogP contribution is 2.41. The normalized spacial score (nSPS) is 16.1. The zero-order valence-electron chi connectivity index (χ0n) is 41.4. The van der Waals surface area contributed by atoms with E-state index in [0.717, 1.165) is 5.56 Å². The van der Waals surface area contributed by atoms with Crippen LogP contribution in [0.3, 0.4) is 0 Å². The van der Waals surface area contributed by atoms with Crippen LogP contribution in [-0.2, 0) is 16.1 Å². The molecule has 19 nitrogen and oxygen atoms in total. The molecule has 1 saturated heterocycles. The first kappa shape index (κ1) is 49.0. The maximum absolute atomic E-state index is 13.7. The van der Waals surface area contributed by atoms with E-state index in [4.69, 9.17) is 19.2 Å². The number of carbonyl (C=O) groups is 4. The van der Waals surface area contributed by atoms with Crippen molar-refractivity contribution in [2.45, 2.75) is 84.6 Å². The first-order chi connectivity index (χ1) is 35.6. The molecule has 0 saturated carbocycles. The number of rotatable bonds is 12. The van der Waals surface area contributed by atoms with Gasteiger partial charge in [0, 0.05) is 66.1 Å². The Balaban J connectivity index is 0.763. The third-order valence-corrected chi connectivity index (χ3v) is 13.9. The second-order valence-electron chi connectivity index (χ2n) is 18.8. The van der Waals surface area contributed by atoms with Crippen LogP contribution in [0.15, 0.2) is 95.8 Å². The number of phenols is 2. The monoisotopic (exact) mass is 1000 g/mol. The molecule has 3 amide bonds. The summed E-state index contributed by atoms with van der Waals surface area (Å²) in [5, 5.41) is 43.9. The first-order valence-electron chi connectivity index (χ1n) is 24.7. The number of pyridine rings is 2. The molecule has 0 radical (unpaired) electrons. The van der Waals surface area contributed by atoms with E-state index in [1.54, 1.807) is 100 Å². The maximum atomic E-state index is 13.7. The van der Waals surface area contributed by atoms with Crippen LogP contribution in [0, 0.1) is 0 Å². The number of piperidine rings is 1. The Morgan fingerprint density at radius 3 is 2.24 bits per heavy atom. The topological polar surface area (TPSA) is 241 Å². The smallest absolute Gasteiger partial charge is 0.415 e. The van der Waals surface area contributed by atoms with Gasteiger partial charge in [-0.2, -0.15) is 0 Å². The van der Waals surface area contributed by atoms with Crippen molar-refractivity contribution in [1.82, 2.24) is 39.4 Å². The Morgan fingerprint density at radius 2 is 1.57 bits per heavy atom. The van der Waals surface area contributed by atoms with Crippen LogP contribution in [0.25, 0.3) is 39.4 Å². The summed E-state index contributed by atoms with van der Waals surface area (Å²) in [5.41, 5.74) is 4.53. The summed E-state index contributed by atoms with van der Waals surface area (Å²) in [6.45, 7) is 11.2. The number of benzene rings is 4. The average molecular weight is 1000 g/mol. The predicted octanol–water partition coefficient (Wildman–Crippen LogP) is 7.92. The fraction of sp³-hybridized carbons (Fsp3) is 0.309. The van der Waals surface area contributed by atoms with Gasteiger partial charge >= 0.3 is 12.1 Å². The van der Waals surface area contributed by atoms with Gasteiger partial charge in [-0.25, -0.2) is 14.6 Å². The first-order valence-corrected chi connectivity index (χ1v) is 24.7. The van der Waals surface area contributed by atoms with Crippen LogP contribution in [-0.4, -0.2) is 106 Å². The third kappa shape index (κ3) is 8.92. The number of carbonyl (C=O) groups excluding carboxylic acids is 4. The lowest BCUT2D eigenvalue weighted by atomic mass is 9.94. The largest absolute Gasteiger partial charge is 0.508 e. The number of phenolic OH excluding ortho intramolecular Hbond substituents is 2. The van der Waals surface area contributed by atoms with Crippen molar-refractivity contribution in [2.24, 2.45) is 0 Å². The van der Waals surface area contributed by atoms with Crippen LogP contribution in [0.5, 0.6) is 28.7 Å². The molecule has 10 rings (SSSR count). The number of aromatic hydroxyl groups is 2. The van der Waals surface area contributed by atoms with Crippen molar-refractivity contribution < 1.29 is 48.7 Å². The Kier molecular flexibility index (Phi) is 13.1. The van der Waals surface area contributed by atoms with Gasteiger partial charge in [0.25, 0.3) is 17.4 Å². The third-order valence-electron chi connectivity index (χ3n) is 13.9. The Labute approximate surface area is 424 Å². The summed E-state index contributed by atoms with van der Waals surface area (Å²) in [4.78, 5) is 74.9. The number of fused-ring (bicyclic) bond motifs is 5. The Bertz CT molecular complexity index is 3430. The SMILES string of the molecule is CCNC(=O)c1nnc(-c2cc(C(C)C)c(O)cc2O)n1-c1ccc(Oc2ccc(C(=O)N3CCC(N(CC)C(=O)Oc4ccc5nc6c(cc5c4)Cn4c-6cc5c(c4=O)C(CC)OC(=O)C5O)CC3)cc2)cc1. The Morgan fingerprint density at radius 1 is 0.865 bits per heavy atom. The van der Waals surface area contributed by atoms with Gasteiger partial charge in [-0.15, -0.1) is 10.2 Å². The van der Waals surface area contributed by atoms with E-state index in [2.05, 4.69) is 15.5 Å². The van der Waals surface area contributed by atoms with Crippen molar-refractivity contribution in [1.29, 1.82) is 0 Å². The molecule has 4 aromatic carbocycles.